The molecule has 0 spiro atoms. The smallest absolute Gasteiger partial charge is 0.259 e. The summed E-state index contributed by atoms with van der Waals surface area (Å²) in [6, 6.07) is 17.3. The Kier molecular flexibility index (Phi) is 6.18. The van der Waals surface area contributed by atoms with Gasteiger partial charge in [-0.15, -0.1) is 0 Å². The first-order valence-corrected chi connectivity index (χ1v) is 11.6. The van der Waals surface area contributed by atoms with Crippen molar-refractivity contribution in [2.24, 2.45) is 5.92 Å². The molecule has 0 saturated carbocycles. The van der Waals surface area contributed by atoms with Gasteiger partial charge in [-0.25, -0.2) is 9.07 Å². The van der Waals surface area contributed by atoms with Crippen LogP contribution < -0.4 is 5.32 Å². The predicted octanol–water partition coefficient (Wildman–Crippen LogP) is 4.60. The van der Waals surface area contributed by atoms with E-state index in [0.717, 1.165) is 24.1 Å². The number of piperidine rings is 1. The molecule has 0 bridgehead atoms. The highest BCUT2D eigenvalue weighted by atomic mass is 19.1. The van der Waals surface area contributed by atoms with Gasteiger partial charge in [0.25, 0.3) is 5.91 Å². The van der Waals surface area contributed by atoms with Gasteiger partial charge in [0.05, 0.1) is 17.8 Å². The molecule has 2 aromatic carbocycles. The van der Waals surface area contributed by atoms with Gasteiger partial charge in [-0.3, -0.25) is 9.59 Å². The van der Waals surface area contributed by atoms with Gasteiger partial charge in [0.1, 0.15) is 11.4 Å². The van der Waals surface area contributed by atoms with Crippen molar-refractivity contribution >= 4 is 17.5 Å². The maximum absolute atomic E-state index is 13.7. The van der Waals surface area contributed by atoms with Gasteiger partial charge >= 0.3 is 0 Å². The number of aryl methyl sites for hydroxylation is 1. The van der Waals surface area contributed by atoms with E-state index in [0.29, 0.717) is 30.2 Å². The Hall–Kier alpha value is -4.20. The molecular formula is C27H26FN5O2. The predicted molar refractivity (Wildman–Crippen MR) is 131 cm³/mol. The third kappa shape index (κ3) is 4.59. The van der Waals surface area contributed by atoms with Crippen LogP contribution in [0.4, 0.5) is 10.1 Å². The normalized spacial score (nSPS) is 15.7. The van der Waals surface area contributed by atoms with Gasteiger partial charge < -0.3 is 14.8 Å². The Morgan fingerprint density at radius 2 is 1.77 bits per heavy atom. The SMILES string of the molecule is Cc1ccccc1NC(=O)[C@@H]1CCCN(C(=O)c2cnn(-c3ccc(F)cc3)c2-n2cccc2)C1. The molecule has 0 aliphatic carbocycles. The molecule has 1 aliphatic heterocycles. The maximum atomic E-state index is 13.7. The highest BCUT2D eigenvalue weighted by Crippen LogP contribution is 2.25. The fourth-order valence-electron chi connectivity index (χ4n) is 4.48. The second-order valence-electron chi connectivity index (χ2n) is 8.75. The van der Waals surface area contributed by atoms with E-state index in [1.54, 1.807) is 21.7 Å². The van der Waals surface area contributed by atoms with Crippen molar-refractivity contribution in [3.8, 4) is 11.5 Å². The summed E-state index contributed by atoms with van der Waals surface area (Å²) in [5, 5.41) is 7.47. The number of aromatic nitrogens is 3. The highest BCUT2D eigenvalue weighted by Gasteiger charge is 2.31. The summed E-state index contributed by atoms with van der Waals surface area (Å²) < 4.78 is 16.9. The number of benzene rings is 2. The Bertz CT molecular complexity index is 1340. The van der Waals surface area contributed by atoms with Crippen molar-refractivity contribution in [1.82, 2.24) is 19.2 Å². The molecule has 1 saturated heterocycles. The van der Waals surface area contributed by atoms with Crippen LogP contribution in [0.25, 0.3) is 11.5 Å². The van der Waals surface area contributed by atoms with Gasteiger partial charge in [0.15, 0.2) is 5.82 Å². The van der Waals surface area contributed by atoms with Gasteiger partial charge in [-0.05, 0) is 67.8 Å². The minimum Gasteiger partial charge on any atom is -0.338 e. The lowest BCUT2D eigenvalue weighted by Gasteiger charge is -2.32. The summed E-state index contributed by atoms with van der Waals surface area (Å²) in [5.74, 6) is -0.337. The first-order valence-electron chi connectivity index (χ1n) is 11.6. The Morgan fingerprint density at radius 1 is 1.03 bits per heavy atom. The molecule has 7 nitrogen and oxygen atoms in total. The number of nitrogens with zero attached hydrogens (tertiary/aromatic N) is 4. The molecule has 1 atom stereocenters. The van der Waals surface area contributed by atoms with Gasteiger partial charge in [0.2, 0.25) is 5.91 Å². The van der Waals surface area contributed by atoms with Crippen molar-refractivity contribution < 1.29 is 14.0 Å². The molecule has 8 heteroatoms. The number of hydrogen-bond acceptors (Lipinski definition) is 3. The molecule has 3 heterocycles. The van der Waals surface area contributed by atoms with E-state index in [1.807, 2.05) is 60.3 Å². The Labute approximate surface area is 202 Å². The number of rotatable bonds is 5. The summed E-state index contributed by atoms with van der Waals surface area (Å²) >= 11 is 0. The van der Waals surface area contributed by atoms with Crippen LogP contribution in [0.5, 0.6) is 0 Å². The zero-order valence-corrected chi connectivity index (χ0v) is 19.4. The van der Waals surface area contributed by atoms with Gasteiger partial charge in [0, 0.05) is 31.2 Å². The number of hydrogen-bond donors (Lipinski definition) is 1. The number of nitrogens with one attached hydrogen (secondary N) is 1. The lowest BCUT2D eigenvalue weighted by molar-refractivity contribution is -0.121. The minimum absolute atomic E-state index is 0.0792. The number of anilines is 1. The molecule has 2 amide bonds. The van der Waals surface area contributed by atoms with Crippen molar-refractivity contribution in [3.05, 3.63) is 96.2 Å². The van der Waals surface area contributed by atoms with Crippen LogP contribution in [-0.4, -0.2) is 44.2 Å². The molecule has 1 fully saturated rings. The molecule has 0 unspecified atom stereocenters. The van der Waals surface area contributed by atoms with Crippen LogP contribution in [0.2, 0.25) is 0 Å². The standard InChI is InChI=1S/C27H26FN5O2/c1-19-7-2-3-9-24(19)30-25(34)20-8-6-16-32(18-20)27(35)23-17-29-33(22-12-10-21(28)11-13-22)26(23)31-14-4-5-15-31/h2-5,7,9-15,17,20H,6,8,16,18H2,1H3,(H,30,34)/t20-/m1/s1. The molecule has 1 aliphatic rings. The number of para-hydroxylation sites is 1. The molecular weight excluding hydrogens is 445 g/mol. The minimum atomic E-state index is -0.344. The topological polar surface area (TPSA) is 72.2 Å². The summed E-state index contributed by atoms with van der Waals surface area (Å²) in [6.07, 6.45) is 6.67. The summed E-state index contributed by atoms with van der Waals surface area (Å²) in [4.78, 5) is 28.4. The number of carbonyl (C=O) groups excluding carboxylic acids is 2. The fourth-order valence-corrected chi connectivity index (χ4v) is 4.48. The van der Waals surface area contributed by atoms with Crippen LogP contribution in [0, 0.1) is 18.7 Å². The van der Waals surface area contributed by atoms with E-state index in [9.17, 15) is 14.0 Å². The van der Waals surface area contributed by atoms with Crippen LogP contribution >= 0.6 is 0 Å². The van der Waals surface area contributed by atoms with Crippen LogP contribution in [0.1, 0.15) is 28.8 Å². The average molecular weight is 472 g/mol. The second-order valence-corrected chi connectivity index (χ2v) is 8.75. The largest absolute Gasteiger partial charge is 0.338 e. The fraction of sp³-hybridized carbons (Fsp3) is 0.222. The summed E-state index contributed by atoms with van der Waals surface area (Å²) in [6.45, 7) is 2.86. The van der Waals surface area contributed by atoms with Crippen molar-refractivity contribution in [3.63, 3.8) is 0 Å². The van der Waals surface area contributed by atoms with E-state index < -0.39 is 0 Å². The van der Waals surface area contributed by atoms with Gasteiger partial charge in [-0.2, -0.15) is 5.10 Å². The van der Waals surface area contributed by atoms with E-state index in [4.69, 9.17) is 0 Å². The first-order chi connectivity index (χ1) is 17.0. The maximum Gasteiger partial charge on any atom is 0.259 e. The third-order valence-electron chi connectivity index (χ3n) is 6.38. The molecule has 178 valence electrons. The third-order valence-corrected chi connectivity index (χ3v) is 6.38. The van der Waals surface area contributed by atoms with E-state index >= 15 is 0 Å². The lowest BCUT2D eigenvalue weighted by atomic mass is 9.96. The first kappa shape index (κ1) is 22.6. The van der Waals surface area contributed by atoms with Crippen LogP contribution in [0.15, 0.2) is 79.3 Å². The van der Waals surface area contributed by atoms with E-state index in [-0.39, 0.29) is 23.5 Å². The molecule has 5 rings (SSSR count). The number of carbonyl (C=O) groups is 2. The molecule has 0 radical (unpaired) electrons. The quantitative estimate of drug-likeness (QED) is 0.462. The zero-order chi connectivity index (χ0) is 24.4. The van der Waals surface area contributed by atoms with Crippen LogP contribution in [0.3, 0.4) is 0 Å². The monoisotopic (exact) mass is 471 g/mol. The number of amides is 2. The van der Waals surface area contributed by atoms with E-state index in [1.165, 1.54) is 18.3 Å². The second kappa shape index (κ2) is 9.58. The summed E-state index contributed by atoms with van der Waals surface area (Å²) in [5.41, 5.74) is 2.85. The molecule has 1 N–H and O–H groups in total. The van der Waals surface area contributed by atoms with Crippen LogP contribution in [-0.2, 0) is 4.79 Å². The van der Waals surface area contributed by atoms with Crippen molar-refractivity contribution in [1.29, 1.82) is 0 Å². The lowest BCUT2D eigenvalue weighted by Crippen LogP contribution is -2.44. The van der Waals surface area contributed by atoms with Gasteiger partial charge in [-0.1, -0.05) is 18.2 Å². The number of halogens is 1. The highest BCUT2D eigenvalue weighted by molar-refractivity contribution is 5.98. The van der Waals surface area contributed by atoms with E-state index in [2.05, 4.69) is 10.4 Å². The Balaban J connectivity index is 1.40. The number of likely N-dealkylation sites (tertiary alicyclic amines) is 1. The Morgan fingerprint density at radius 3 is 2.51 bits per heavy atom. The van der Waals surface area contributed by atoms with Crippen molar-refractivity contribution in [2.45, 2.75) is 19.8 Å². The molecule has 35 heavy (non-hydrogen) atoms. The average Bonchev–Trinajstić information content (AvgIpc) is 3.55. The zero-order valence-electron chi connectivity index (χ0n) is 19.4. The molecule has 2 aromatic heterocycles. The van der Waals surface area contributed by atoms with Crippen molar-refractivity contribution in [2.75, 3.05) is 18.4 Å². The molecule has 4 aromatic rings. The summed E-state index contributed by atoms with van der Waals surface area (Å²) in [7, 11) is 0.